The van der Waals surface area contributed by atoms with Crippen LogP contribution in [0.3, 0.4) is 0 Å². The number of rotatable bonds is 19. The molecule has 1 N–H and O–H groups in total. The third-order valence-corrected chi connectivity index (χ3v) is 12.9. The van der Waals surface area contributed by atoms with Gasteiger partial charge in [0.1, 0.15) is 36.4 Å². The number of fused-ring (bicyclic) bond motifs is 2. The molecule has 0 radical (unpaired) electrons. The Morgan fingerprint density at radius 1 is 0.595 bits per heavy atom. The molecule has 2 aromatic heterocycles. The van der Waals surface area contributed by atoms with Crippen molar-refractivity contribution in [1.29, 1.82) is 0 Å². The summed E-state index contributed by atoms with van der Waals surface area (Å²) in [5.41, 5.74) is 1.92. The number of halogens is 2. The molecule has 0 unspecified atom stereocenters. The van der Waals surface area contributed by atoms with E-state index in [1.54, 1.807) is 86.0 Å². The first-order chi connectivity index (χ1) is 37.5. The zero-order chi connectivity index (χ0) is 55.9. The topological polar surface area (TPSA) is 218 Å². The Morgan fingerprint density at radius 3 is 1.24 bits per heavy atom. The quantitative estimate of drug-likeness (QED) is 0.0334. The van der Waals surface area contributed by atoms with Crippen LogP contribution < -0.4 is 9.47 Å². The summed E-state index contributed by atoms with van der Waals surface area (Å²) >= 11 is 3.53. The second-order valence-corrected chi connectivity index (χ2v) is 19.2. The number of carboxylic acid groups (broad SMARTS) is 1. The number of hydrogen-bond donors (Lipinski definition) is 2. The third kappa shape index (κ3) is 13.0. The van der Waals surface area contributed by atoms with Gasteiger partial charge in [-0.15, -0.1) is 0 Å². The van der Waals surface area contributed by atoms with Crippen molar-refractivity contribution in [3.05, 3.63) is 154 Å². The average molecular weight is 1100 g/mol. The molecule has 2 aliphatic heterocycles. The number of thiol groups is 1. The largest absolute Gasteiger partial charge is 0.489 e. The van der Waals surface area contributed by atoms with Gasteiger partial charge in [-0.05, 0) is 139 Å². The van der Waals surface area contributed by atoms with Crippen LogP contribution >= 0.6 is 12.6 Å². The van der Waals surface area contributed by atoms with Gasteiger partial charge in [-0.25, -0.2) is 28.9 Å². The van der Waals surface area contributed by atoms with E-state index in [4.69, 9.17) is 24.2 Å². The van der Waals surface area contributed by atoms with Crippen LogP contribution in [0.5, 0.6) is 11.5 Å². The maximum atomic E-state index is 15.1. The Balaban J connectivity index is 0.000000219. The van der Waals surface area contributed by atoms with Crippen LogP contribution in [0.4, 0.5) is 8.78 Å². The minimum Gasteiger partial charge on any atom is -0.489 e. The lowest BCUT2D eigenvalue weighted by atomic mass is 10.1. The van der Waals surface area contributed by atoms with Crippen molar-refractivity contribution in [2.24, 2.45) is 0 Å². The number of benzene rings is 4. The fourth-order valence-electron chi connectivity index (χ4n) is 8.65. The molecule has 4 amide bonds. The molecule has 0 spiro atoms. The van der Waals surface area contributed by atoms with E-state index in [-0.39, 0.29) is 66.1 Å². The van der Waals surface area contributed by atoms with Gasteiger partial charge in [0, 0.05) is 46.2 Å². The zero-order valence-electron chi connectivity index (χ0n) is 43.8. The number of hydrogen-bond acceptors (Lipinski definition) is 14. The highest BCUT2D eigenvalue weighted by atomic mass is 32.1. The van der Waals surface area contributed by atoms with Gasteiger partial charge in [0.15, 0.2) is 11.6 Å². The first kappa shape index (κ1) is 58.4. The number of ether oxygens (including phenoxy) is 3. The van der Waals surface area contributed by atoms with Gasteiger partial charge in [-0.2, -0.15) is 31.6 Å². The highest BCUT2D eigenvalue weighted by Crippen LogP contribution is 2.42. The predicted molar refractivity (Wildman–Crippen MR) is 292 cm³/mol. The molecule has 79 heavy (non-hydrogen) atoms. The lowest BCUT2D eigenvalue weighted by Gasteiger charge is -2.18. The van der Waals surface area contributed by atoms with Crippen molar-refractivity contribution in [2.45, 2.75) is 91.6 Å². The number of esters is 1. The van der Waals surface area contributed by atoms with E-state index in [9.17, 15) is 38.3 Å². The smallest absolute Gasteiger partial charge is 0.367 e. The van der Waals surface area contributed by atoms with E-state index in [2.05, 4.69) is 50.5 Å². The van der Waals surface area contributed by atoms with Crippen LogP contribution in [-0.4, -0.2) is 119 Å². The van der Waals surface area contributed by atoms with E-state index in [0.29, 0.717) is 35.0 Å². The van der Waals surface area contributed by atoms with Gasteiger partial charge in [0.05, 0.1) is 42.0 Å². The third-order valence-electron chi connectivity index (χ3n) is 12.9. The van der Waals surface area contributed by atoms with E-state index in [1.807, 2.05) is 9.36 Å². The van der Waals surface area contributed by atoms with E-state index in [1.165, 1.54) is 24.3 Å². The number of carbonyl (C=O) groups is 6. The summed E-state index contributed by atoms with van der Waals surface area (Å²) in [7, 11) is 0. The fourth-order valence-corrected chi connectivity index (χ4v) is 8.65. The molecule has 10 rings (SSSR count). The molecule has 414 valence electrons. The number of nitrogens with zero attached hydrogens (tertiary/aromatic N) is 8. The van der Waals surface area contributed by atoms with E-state index in [0.717, 1.165) is 58.3 Å². The molecule has 0 atom stereocenters. The Labute approximate surface area is 461 Å². The Kier molecular flexibility index (Phi) is 18.8. The number of imide groups is 2. The molecule has 21 heteroatoms. The first-order valence-corrected chi connectivity index (χ1v) is 26.3. The monoisotopic (exact) mass is 1100 g/mol. The van der Waals surface area contributed by atoms with Crippen LogP contribution in [0.25, 0.3) is 22.8 Å². The molecule has 18 nitrogen and oxygen atoms in total. The van der Waals surface area contributed by atoms with Gasteiger partial charge in [-0.3, -0.25) is 29.0 Å². The Hall–Kier alpha value is -8.33. The standard InChI is InChI=1S/C29H29FN4O5.C27H25FN4O5.CH4S.CH4/c1-4-38-29(37)24(30)20(15-33-27(35)22-7-5-6-8-23(22)28(33)36)16-39-21-13-11-18(12-14-21)25-31-26(19-9-10-19)34(32-25)17(2)3;1-15(2)32-24(17-7-8-17)29-23(30-32)16-9-11-19(12-10-16)37-14-18(22(28)27(35)36)13-31-25(33)20-5-3-4-6-21(20)26(31)34;1-2;/h5-8,11-14,17,19H,4,9-10,15-16H2,1-3H3;3-6,9-12,15,17H,7-8,13-14H2,1-2H3,(H,35,36);2H,1H3;1H4/b24-20+;22-18+;;. The fraction of sp³-hybridized carbons (Fsp3) is 0.345. The van der Waals surface area contributed by atoms with E-state index >= 15 is 4.39 Å². The summed E-state index contributed by atoms with van der Waals surface area (Å²) in [5.74, 6) is -3.12. The second kappa shape index (κ2) is 25.4. The van der Waals surface area contributed by atoms with Crippen LogP contribution in [0.2, 0.25) is 0 Å². The number of amides is 4. The lowest BCUT2D eigenvalue weighted by Crippen LogP contribution is -2.33. The predicted octanol–water partition coefficient (Wildman–Crippen LogP) is 10.4. The molecule has 4 aromatic carbocycles. The minimum absolute atomic E-state index is 0. The molecule has 4 heterocycles. The number of carbonyl (C=O) groups excluding carboxylic acids is 5. The maximum Gasteiger partial charge on any atom is 0.367 e. The summed E-state index contributed by atoms with van der Waals surface area (Å²) in [4.78, 5) is 85.6. The first-order valence-electron chi connectivity index (χ1n) is 25.4. The molecule has 2 aliphatic carbocycles. The molecule has 0 bridgehead atoms. The highest BCUT2D eigenvalue weighted by molar-refractivity contribution is 7.79. The van der Waals surface area contributed by atoms with Crippen LogP contribution in [0.1, 0.15) is 145 Å². The zero-order valence-corrected chi connectivity index (χ0v) is 44.7. The molecular weight excluding hydrogens is 1040 g/mol. The van der Waals surface area contributed by atoms with Crippen LogP contribution in [0.15, 0.2) is 120 Å². The summed E-state index contributed by atoms with van der Waals surface area (Å²) in [6.07, 6.45) is 6.16. The number of aliphatic carboxylic acids is 1. The Morgan fingerprint density at radius 2 is 0.937 bits per heavy atom. The number of carboxylic acids is 1. The highest BCUT2D eigenvalue weighted by Gasteiger charge is 2.39. The Bertz CT molecular complexity index is 3220. The summed E-state index contributed by atoms with van der Waals surface area (Å²) in [6.45, 7) is 7.97. The molecule has 0 saturated heterocycles. The van der Waals surface area contributed by atoms with Crippen LogP contribution in [-0.2, 0) is 14.3 Å². The summed E-state index contributed by atoms with van der Waals surface area (Å²) in [6, 6.07) is 26.8. The van der Waals surface area contributed by atoms with Gasteiger partial charge in [0.25, 0.3) is 23.6 Å². The lowest BCUT2D eigenvalue weighted by molar-refractivity contribution is -0.140. The van der Waals surface area contributed by atoms with Crippen molar-refractivity contribution in [3.8, 4) is 34.3 Å². The van der Waals surface area contributed by atoms with Gasteiger partial charge >= 0.3 is 11.9 Å². The summed E-state index contributed by atoms with van der Waals surface area (Å²) in [5, 5.41) is 18.5. The van der Waals surface area contributed by atoms with Gasteiger partial charge in [0.2, 0.25) is 11.7 Å². The molecule has 2 saturated carbocycles. The van der Waals surface area contributed by atoms with Crippen molar-refractivity contribution in [1.82, 2.24) is 39.3 Å². The summed E-state index contributed by atoms with van der Waals surface area (Å²) < 4.78 is 49.8. The van der Waals surface area contributed by atoms with Crippen molar-refractivity contribution < 1.29 is 56.9 Å². The van der Waals surface area contributed by atoms with Gasteiger partial charge < -0.3 is 19.3 Å². The second-order valence-electron chi connectivity index (χ2n) is 19.2. The van der Waals surface area contributed by atoms with Crippen LogP contribution in [0, 0.1) is 0 Å². The molecular formula is C58H62F2N8O10S. The minimum atomic E-state index is -1.80. The van der Waals surface area contributed by atoms with Gasteiger partial charge in [-0.1, -0.05) is 31.7 Å². The maximum absolute atomic E-state index is 15.1. The normalized spacial score (nSPS) is 15.1. The number of aromatic nitrogens is 6. The molecule has 2 fully saturated rings. The van der Waals surface area contributed by atoms with Crippen molar-refractivity contribution in [2.75, 3.05) is 39.2 Å². The van der Waals surface area contributed by atoms with Crippen molar-refractivity contribution in [3.63, 3.8) is 0 Å². The molecule has 6 aromatic rings. The SMILES string of the molecule is C.CC(C)n1nc(-c2ccc(OC/C(CN3C(=O)c4ccccc4C3=O)=C(/F)C(=O)O)cc2)nc1C1CC1.CCOC(=O)/C(F)=C(\COc1ccc(-c2nc(C3CC3)n(C(C)C)n2)cc1)CN1C(=O)c2ccccc2C1=O.CS. The van der Waals surface area contributed by atoms with E-state index < -0.39 is 66.9 Å². The van der Waals surface area contributed by atoms with Crippen molar-refractivity contribution >= 4 is 48.2 Å². The average Bonchev–Trinajstić information content (AvgIpc) is 4.37. The molecule has 4 aliphatic rings.